The summed E-state index contributed by atoms with van der Waals surface area (Å²) in [5.74, 6) is -0.125. The number of carbonyl (C=O) groups is 1. The normalized spacial score (nSPS) is 19.1. The Morgan fingerprint density at radius 2 is 2.04 bits per heavy atom. The number of hydrogen-bond donors (Lipinski definition) is 2. The molecule has 0 amide bonds. The molecule has 0 spiro atoms. The SMILES string of the molecule is COC(=O)C(CC1CCOCC1)Nc1ccc(Cl)c(S(=O)(=O)C2CC2)c1C=N. The number of halogens is 1. The molecule has 1 aliphatic carbocycles. The number of benzene rings is 1. The fourth-order valence-corrected chi connectivity index (χ4v) is 5.93. The van der Waals surface area contributed by atoms with E-state index in [4.69, 9.17) is 26.5 Å². The molecule has 3 rings (SSSR count). The minimum absolute atomic E-state index is 0.0358. The van der Waals surface area contributed by atoms with Crippen molar-refractivity contribution in [1.29, 1.82) is 5.41 Å². The van der Waals surface area contributed by atoms with E-state index in [-0.39, 0.29) is 15.5 Å². The van der Waals surface area contributed by atoms with E-state index in [0.29, 0.717) is 44.1 Å². The Morgan fingerprint density at radius 1 is 1.36 bits per heavy atom. The van der Waals surface area contributed by atoms with Crippen molar-refractivity contribution in [2.24, 2.45) is 5.92 Å². The molecule has 1 unspecified atom stereocenters. The van der Waals surface area contributed by atoms with Crippen molar-refractivity contribution in [2.75, 3.05) is 25.6 Å². The summed E-state index contributed by atoms with van der Waals surface area (Å²) >= 11 is 6.20. The third kappa shape index (κ3) is 4.50. The molecule has 0 radical (unpaired) electrons. The van der Waals surface area contributed by atoms with Gasteiger partial charge in [-0.25, -0.2) is 13.2 Å². The van der Waals surface area contributed by atoms with Gasteiger partial charge in [0.2, 0.25) is 0 Å². The van der Waals surface area contributed by atoms with Gasteiger partial charge >= 0.3 is 5.97 Å². The first-order valence-electron chi connectivity index (χ1n) is 9.37. The van der Waals surface area contributed by atoms with E-state index in [1.54, 1.807) is 6.07 Å². The Balaban J connectivity index is 1.92. The summed E-state index contributed by atoms with van der Waals surface area (Å²) in [4.78, 5) is 12.3. The quantitative estimate of drug-likeness (QED) is 0.487. The summed E-state index contributed by atoms with van der Waals surface area (Å²) in [5.41, 5.74) is 0.571. The minimum Gasteiger partial charge on any atom is -0.467 e. The summed E-state index contributed by atoms with van der Waals surface area (Å²) in [6.07, 6.45) is 4.43. The minimum atomic E-state index is -3.61. The first kappa shape index (κ1) is 21.1. The van der Waals surface area contributed by atoms with Crippen LogP contribution < -0.4 is 5.32 Å². The average molecular weight is 429 g/mol. The molecule has 9 heteroatoms. The highest BCUT2D eigenvalue weighted by Gasteiger charge is 2.40. The van der Waals surface area contributed by atoms with Crippen molar-refractivity contribution in [3.63, 3.8) is 0 Å². The Labute approximate surface area is 170 Å². The molecular formula is C19H25ClN2O5S. The van der Waals surface area contributed by atoms with E-state index in [1.165, 1.54) is 13.2 Å². The Kier molecular flexibility index (Phi) is 6.62. The molecule has 2 fully saturated rings. The molecule has 0 aromatic heterocycles. The molecule has 7 nitrogen and oxygen atoms in total. The lowest BCUT2D eigenvalue weighted by Crippen LogP contribution is -2.34. The third-order valence-corrected chi connectivity index (χ3v) is 8.05. The van der Waals surface area contributed by atoms with Crippen LogP contribution in [0.5, 0.6) is 0 Å². The molecule has 154 valence electrons. The predicted molar refractivity (Wildman–Crippen MR) is 107 cm³/mol. The molecule has 0 bridgehead atoms. The molecular weight excluding hydrogens is 404 g/mol. The van der Waals surface area contributed by atoms with Gasteiger partial charge in [-0.1, -0.05) is 11.6 Å². The lowest BCUT2D eigenvalue weighted by molar-refractivity contribution is -0.142. The molecule has 1 aliphatic heterocycles. The molecule has 2 aliphatic rings. The fourth-order valence-electron chi connectivity index (χ4n) is 3.54. The number of rotatable bonds is 8. The number of esters is 1. The van der Waals surface area contributed by atoms with Gasteiger partial charge in [-0.3, -0.25) is 0 Å². The molecule has 1 aromatic rings. The fraction of sp³-hybridized carbons (Fsp3) is 0.579. The summed E-state index contributed by atoms with van der Waals surface area (Å²) in [7, 11) is -2.28. The molecule has 2 N–H and O–H groups in total. The van der Waals surface area contributed by atoms with Crippen LogP contribution in [0.3, 0.4) is 0 Å². The Hall–Kier alpha value is -1.64. The van der Waals surface area contributed by atoms with E-state index >= 15 is 0 Å². The van der Waals surface area contributed by atoms with Crippen LogP contribution in [0.1, 0.15) is 37.7 Å². The van der Waals surface area contributed by atoms with Gasteiger partial charge < -0.3 is 20.2 Å². The zero-order chi connectivity index (χ0) is 20.3. The van der Waals surface area contributed by atoms with Crippen LogP contribution in [0.2, 0.25) is 5.02 Å². The van der Waals surface area contributed by atoms with Gasteiger partial charge in [-0.15, -0.1) is 0 Å². The number of nitrogens with one attached hydrogen (secondary N) is 2. The van der Waals surface area contributed by atoms with Crippen LogP contribution >= 0.6 is 11.6 Å². The summed E-state index contributed by atoms with van der Waals surface area (Å²) < 4.78 is 35.9. The highest BCUT2D eigenvalue weighted by atomic mass is 35.5. The summed E-state index contributed by atoms with van der Waals surface area (Å²) in [6, 6.07) is 2.45. The van der Waals surface area contributed by atoms with Gasteiger partial charge in [0, 0.05) is 30.7 Å². The second-order valence-electron chi connectivity index (χ2n) is 7.24. The number of carbonyl (C=O) groups excluding carboxylic acids is 1. The molecule has 1 heterocycles. The van der Waals surface area contributed by atoms with Gasteiger partial charge in [0.25, 0.3) is 0 Å². The molecule has 1 aromatic carbocycles. The van der Waals surface area contributed by atoms with Crippen LogP contribution in [0, 0.1) is 11.3 Å². The lowest BCUT2D eigenvalue weighted by atomic mass is 9.92. The number of anilines is 1. The topological polar surface area (TPSA) is 106 Å². The van der Waals surface area contributed by atoms with Gasteiger partial charge in [-0.05, 0) is 50.2 Å². The Morgan fingerprint density at radius 3 is 2.61 bits per heavy atom. The number of methoxy groups -OCH3 is 1. The van der Waals surface area contributed by atoms with E-state index in [9.17, 15) is 13.2 Å². The molecule has 1 atom stereocenters. The second kappa shape index (κ2) is 8.80. The van der Waals surface area contributed by atoms with Gasteiger partial charge in [0.05, 0.1) is 22.3 Å². The maximum absolute atomic E-state index is 12.8. The van der Waals surface area contributed by atoms with Crippen LogP contribution in [-0.4, -0.2) is 52.2 Å². The standard InChI is InChI=1S/C19H25ClN2O5S/c1-26-19(23)17(10-12-6-8-27-9-7-12)22-16-5-4-15(20)18(14(16)11-21)28(24,25)13-2-3-13/h4-5,11-13,17,21-22H,2-3,6-10H2,1H3. The van der Waals surface area contributed by atoms with Crippen LogP contribution in [0.4, 0.5) is 5.69 Å². The van der Waals surface area contributed by atoms with Crippen LogP contribution in [-0.2, 0) is 24.1 Å². The average Bonchev–Trinajstić information content (AvgIpc) is 3.54. The highest BCUT2D eigenvalue weighted by Crippen LogP contribution is 2.40. The second-order valence-corrected chi connectivity index (χ2v) is 9.81. The monoisotopic (exact) mass is 428 g/mol. The van der Waals surface area contributed by atoms with Gasteiger partial charge in [-0.2, -0.15) is 0 Å². The number of hydrogen-bond acceptors (Lipinski definition) is 7. The smallest absolute Gasteiger partial charge is 0.328 e. The summed E-state index contributed by atoms with van der Waals surface area (Å²) in [6.45, 7) is 1.32. The zero-order valence-corrected chi connectivity index (χ0v) is 17.3. The van der Waals surface area contributed by atoms with Gasteiger partial charge in [0.15, 0.2) is 9.84 Å². The Bertz CT molecular complexity index is 848. The van der Waals surface area contributed by atoms with Crippen molar-refractivity contribution < 1.29 is 22.7 Å². The van der Waals surface area contributed by atoms with Crippen molar-refractivity contribution in [1.82, 2.24) is 0 Å². The van der Waals surface area contributed by atoms with Crippen LogP contribution in [0.15, 0.2) is 17.0 Å². The largest absolute Gasteiger partial charge is 0.467 e. The molecule has 1 saturated heterocycles. The molecule has 1 saturated carbocycles. The van der Waals surface area contributed by atoms with E-state index in [1.807, 2.05) is 0 Å². The number of ether oxygens (including phenoxy) is 2. The van der Waals surface area contributed by atoms with Crippen molar-refractivity contribution >= 4 is 39.3 Å². The number of sulfone groups is 1. The van der Waals surface area contributed by atoms with Crippen LogP contribution in [0.25, 0.3) is 0 Å². The van der Waals surface area contributed by atoms with Crippen molar-refractivity contribution in [3.05, 3.63) is 22.7 Å². The summed E-state index contributed by atoms with van der Waals surface area (Å²) in [5, 5.41) is 10.5. The third-order valence-electron chi connectivity index (χ3n) is 5.27. The molecule has 28 heavy (non-hydrogen) atoms. The highest BCUT2D eigenvalue weighted by molar-refractivity contribution is 7.92. The van der Waals surface area contributed by atoms with Crippen molar-refractivity contribution in [3.8, 4) is 0 Å². The van der Waals surface area contributed by atoms with E-state index < -0.39 is 27.1 Å². The van der Waals surface area contributed by atoms with E-state index in [0.717, 1.165) is 19.1 Å². The predicted octanol–water partition coefficient (Wildman–Crippen LogP) is 3.04. The first-order chi connectivity index (χ1) is 13.4. The maximum Gasteiger partial charge on any atom is 0.328 e. The zero-order valence-electron chi connectivity index (χ0n) is 15.7. The van der Waals surface area contributed by atoms with Crippen molar-refractivity contribution in [2.45, 2.75) is 48.3 Å². The van der Waals surface area contributed by atoms with Gasteiger partial charge in [0.1, 0.15) is 6.04 Å². The first-order valence-corrected chi connectivity index (χ1v) is 11.3. The van der Waals surface area contributed by atoms with E-state index in [2.05, 4.69) is 5.32 Å². The maximum atomic E-state index is 12.8. The lowest BCUT2D eigenvalue weighted by Gasteiger charge is -2.27.